The fourth-order valence-corrected chi connectivity index (χ4v) is 3.22. The number of benzene rings is 1. The van der Waals surface area contributed by atoms with Crippen molar-refractivity contribution >= 4 is 17.3 Å². The lowest BCUT2D eigenvalue weighted by Crippen LogP contribution is -2.33. The van der Waals surface area contributed by atoms with Crippen molar-refractivity contribution in [3.63, 3.8) is 0 Å². The third-order valence-corrected chi connectivity index (χ3v) is 4.27. The van der Waals surface area contributed by atoms with Crippen LogP contribution < -0.4 is 4.90 Å². The Morgan fingerprint density at radius 1 is 1.25 bits per heavy atom. The van der Waals surface area contributed by atoms with E-state index >= 15 is 0 Å². The second kappa shape index (κ2) is 6.25. The molecule has 1 aliphatic rings. The molecule has 0 unspecified atom stereocenters. The summed E-state index contributed by atoms with van der Waals surface area (Å²) in [5.74, 6) is -0.120. The molecule has 20 heavy (non-hydrogen) atoms. The van der Waals surface area contributed by atoms with E-state index in [1.54, 1.807) is 6.07 Å². The van der Waals surface area contributed by atoms with Gasteiger partial charge in [0.15, 0.2) is 0 Å². The van der Waals surface area contributed by atoms with E-state index in [1.165, 1.54) is 12.1 Å². The maximum atomic E-state index is 13.1. The third kappa shape index (κ3) is 3.22. The molecule has 1 aromatic rings. The van der Waals surface area contributed by atoms with E-state index in [9.17, 15) is 13.2 Å². The van der Waals surface area contributed by atoms with E-state index in [2.05, 4.69) is 4.90 Å². The van der Waals surface area contributed by atoms with Gasteiger partial charge < -0.3 is 4.90 Å². The molecular weight excluding hydrogens is 287 g/mol. The fraction of sp³-hybridized carbons (Fsp3) is 0.600. The van der Waals surface area contributed by atoms with Crippen LogP contribution in [0.2, 0.25) is 0 Å². The van der Waals surface area contributed by atoms with E-state index in [0.29, 0.717) is 11.7 Å². The number of halogens is 4. The predicted octanol–water partition coefficient (Wildman–Crippen LogP) is 5.21. The van der Waals surface area contributed by atoms with Crippen molar-refractivity contribution in [1.82, 2.24) is 0 Å². The molecule has 0 atom stereocenters. The zero-order chi connectivity index (χ0) is 14.8. The number of hydrogen-bond acceptors (Lipinski definition) is 1. The van der Waals surface area contributed by atoms with Gasteiger partial charge in [-0.05, 0) is 37.5 Å². The van der Waals surface area contributed by atoms with Gasteiger partial charge in [0, 0.05) is 24.2 Å². The minimum atomic E-state index is -4.35. The Labute approximate surface area is 122 Å². The van der Waals surface area contributed by atoms with Gasteiger partial charge in [0.1, 0.15) is 0 Å². The average molecular weight is 306 g/mol. The van der Waals surface area contributed by atoms with Crippen molar-refractivity contribution in [3.8, 4) is 0 Å². The number of hydrogen-bond donors (Lipinski definition) is 0. The summed E-state index contributed by atoms with van der Waals surface area (Å²) >= 11 is 5.62. The largest absolute Gasteiger partial charge is 0.416 e. The molecule has 0 radical (unpaired) electrons. The highest BCUT2D eigenvalue weighted by molar-refractivity contribution is 6.17. The first kappa shape index (κ1) is 15.5. The molecule has 1 aromatic carbocycles. The van der Waals surface area contributed by atoms with Gasteiger partial charge in [0.05, 0.1) is 5.56 Å². The summed E-state index contributed by atoms with van der Waals surface area (Å²) in [4.78, 5) is 2.08. The molecule has 1 nitrogen and oxygen atoms in total. The van der Waals surface area contributed by atoms with E-state index in [0.717, 1.165) is 32.2 Å². The second-order valence-electron chi connectivity index (χ2n) is 5.20. The van der Waals surface area contributed by atoms with Crippen LogP contribution in [0.15, 0.2) is 18.2 Å². The minimum absolute atomic E-state index is 0.120. The SMILES string of the molecule is CCN(c1ccc(CCl)c(C(F)(F)F)c1)C1CCCC1. The van der Waals surface area contributed by atoms with Crippen molar-refractivity contribution in [2.24, 2.45) is 0 Å². The van der Waals surface area contributed by atoms with Crippen molar-refractivity contribution in [2.45, 2.75) is 50.7 Å². The van der Waals surface area contributed by atoms with Gasteiger partial charge in [-0.15, -0.1) is 11.6 Å². The summed E-state index contributed by atoms with van der Waals surface area (Å²) in [5.41, 5.74) is 0.187. The minimum Gasteiger partial charge on any atom is -0.369 e. The maximum Gasteiger partial charge on any atom is 0.416 e. The molecule has 0 heterocycles. The highest BCUT2D eigenvalue weighted by Gasteiger charge is 2.34. The van der Waals surface area contributed by atoms with Crippen molar-refractivity contribution < 1.29 is 13.2 Å². The molecular formula is C15H19ClF3N. The second-order valence-corrected chi connectivity index (χ2v) is 5.46. The number of anilines is 1. The molecule has 0 aromatic heterocycles. The molecule has 0 aliphatic heterocycles. The van der Waals surface area contributed by atoms with Crippen LogP contribution in [0.25, 0.3) is 0 Å². The number of alkyl halides is 4. The fourth-order valence-electron chi connectivity index (χ4n) is 2.99. The van der Waals surface area contributed by atoms with Crippen LogP contribution in [0.4, 0.5) is 18.9 Å². The first-order valence-electron chi connectivity index (χ1n) is 7.00. The topological polar surface area (TPSA) is 3.24 Å². The summed E-state index contributed by atoms with van der Waals surface area (Å²) in [6.45, 7) is 2.71. The maximum absolute atomic E-state index is 13.1. The van der Waals surface area contributed by atoms with Gasteiger partial charge in [-0.3, -0.25) is 0 Å². The molecule has 0 bridgehead atoms. The van der Waals surface area contributed by atoms with Crippen molar-refractivity contribution in [2.75, 3.05) is 11.4 Å². The zero-order valence-electron chi connectivity index (χ0n) is 11.5. The molecule has 1 fully saturated rings. The zero-order valence-corrected chi connectivity index (χ0v) is 12.3. The van der Waals surface area contributed by atoms with Gasteiger partial charge >= 0.3 is 6.18 Å². The standard InChI is InChI=1S/C15H19ClF3N/c1-2-20(12-5-3-4-6-12)13-8-7-11(10-16)14(9-13)15(17,18)19/h7-9,12H,2-6,10H2,1H3. The molecule has 1 saturated carbocycles. The summed E-state index contributed by atoms with van der Waals surface area (Å²) in [5, 5.41) is 0. The molecule has 0 saturated heterocycles. The van der Waals surface area contributed by atoms with E-state index in [1.807, 2.05) is 6.92 Å². The lowest BCUT2D eigenvalue weighted by molar-refractivity contribution is -0.138. The van der Waals surface area contributed by atoms with Crippen LogP contribution >= 0.6 is 11.6 Å². The summed E-state index contributed by atoms with van der Waals surface area (Å²) in [7, 11) is 0. The van der Waals surface area contributed by atoms with Crippen LogP contribution in [0, 0.1) is 0 Å². The third-order valence-electron chi connectivity index (χ3n) is 3.98. The molecule has 2 rings (SSSR count). The average Bonchev–Trinajstić information content (AvgIpc) is 2.92. The Kier molecular flexibility index (Phi) is 4.84. The van der Waals surface area contributed by atoms with Crippen LogP contribution in [-0.4, -0.2) is 12.6 Å². The van der Waals surface area contributed by atoms with E-state index in [-0.39, 0.29) is 11.4 Å². The Morgan fingerprint density at radius 3 is 2.40 bits per heavy atom. The molecule has 0 amide bonds. The Morgan fingerprint density at radius 2 is 1.90 bits per heavy atom. The van der Waals surface area contributed by atoms with Gasteiger partial charge in [-0.25, -0.2) is 0 Å². The quantitative estimate of drug-likeness (QED) is 0.690. The molecule has 5 heteroatoms. The van der Waals surface area contributed by atoms with Crippen LogP contribution in [0.1, 0.15) is 43.7 Å². The van der Waals surface area contributed by atoms with Gasteiger partial charge in [-0.1, -0.05) is 18.9 Å². The van der Waals surface area contributed by atoms with Crippen LogP contribution in [0.5, 0.6) is 0 Å². The van der Waals surface area contributed by atoms with Crippen LogP contribution in [-0.2, 0) is 12.1 Å². The van der Waals surface area contributed by atoms with Gasteiger partial charge in [0.2, 0.25) is 0 Å². The first-order chi connectivity index (χ1) is 9.47. The number of rotatable bonds is 4. The molecule has 1 aliphatic carbocycles. The summed E-state index contributed by atoms with van der Waals surface area (Å²) in [6.07, 6.45) is 0.0916. The van der Waals surface area contributed by atoms with Crippen LogP contribution in [0.3, 0.4) is 0 Å². The predicted molar refractivity (Wildman–Crippen MR) is 76.3 cm³/mol. The Bertz CT molecular complexity index is 453. The smallest absolute Gasteiger partial charge is 0.369 e. The van der Waals surface area contributed by atoms with Gasteiger partial charge in [-0.2, -0.15) is 13.2 Å². The Balaban J connectivity index is 2.36. The number of nitrogens with zero attached hydrogens (tertiary/aromatic N) is 1. The summed E-state index contributed by atoms with van der Waals surface area (Å²) < 4.78 is 39.2. The van der Waals surface area contributed by atoms with Gasteiger partial charge in [0.25, 0.3) is 0 Å². The summed E-state index contributed by atoms with van der Waals surface area (Å²) in [6, 6.07) is 4.87. The van der Waals surface area contributed by atoms with E-state index in [4.69, 9.17) is 11.6 Å². The first-order valence-corrected chi connectivity index (χ1v) is 7.53. The highest BCUT2D eigenvalue weighted by atomic mass is 35.5. The lowest BCUT2D eigenvalue weighted by Gasteiger charge is -2.30. The van der Waals surface area contributed by atoms with Crippen molar-refractivity contribution in [1.29, 1.82) is 0 Å². The monoisotopic (exact) mass is 305 g/mol. The molecule has 112 valence electrons. The van der Waals surface area contributed by atoms with Crippen molar-refractivity contribution in [3.05, 3.63) is 29.3 Å². The normalized spacial score (nSPS) is 16.6. The molecule has 0 spiro atoms. The molecule has 0 N–H and O–H groups in total. The lowest BCUT2D eigenvalue weighted by atomic mass is 10.1. The Hall–Kier alpha value is -0.900. The van der Waals surface area contributed by atoms with E-state index < -0.39 is 11.7 Å². The highest BCUT2D eigenvalue weighted by Crippen LogP contribution is 2.37.